The number of fused-ring (bicyclic) bond motifs is 1. The molecule has 1 saturated heterocycles. The Hall–Kier alpha value is -2.54. The Morgan fingerprint density at radius 3 is 2.86 bits per heavy atom. The molecule has 1 aliphatic rings. The molecule has 158 valence electrons. The van der Waals surface area contributed by atoms with Crippen LogP contribution in [0, 0.1) is 0 Å². The summed E-state index contributed by atoms with van der Waals surface area (Å²) in [7, 11) is 0. The largest absolute Gasteiger partial charge is 0.462 e. The zero-order valence-electron chi connectivity index (χ0n) is 17.7. The van der Waals surface area contributed by atoms with Crippen molar-refractivity contribution in [1.29, 1.82) is 0 Å². The highest BCUT2D eigenvalue weighted by Gasteiger charge is 2.34. The molecule has 1 aromatic carbocycles. The summed E-state index contributed by atoms with van der Waals surface area (Å²) in [6.07, 6.45) is 3.56. The Balaban J connectivity index is 1.94. The minimum atomic E-state index is -0.568. The maximum Gasteiger partial charge on any atom is 0.330 e. The molecule has 1 aromatic heterocycles. The second-order valence-corrected chi connectivity index (χ2v) is 8.39. The van der Waals surface area contributed by atoms with Crippen molar-refractivity contribution in [2.45, 2.75) is 52.2 Å². The van der Waals surface area contributed by atoms with E-state index in [-0.39, 0.29) is 11.9 Å². The van der Waals surface area contributed by atoms with Crippen LogP contribution in [-0.4, -0.2) is 49.7 Å². The van der Waals surface area contributed by atoms with Gasteiger partial charge < -0.3 is 24.7 Å². The summed E-state index contributed by atoms with van der Waals surface area (Å²) < 4.78 is 11.4. The fraction of sp³-hybridized carbons (Fsp3) is 0.545. The molecular formula is C22H31N3O4. The van der Waals surface area contributed by atoms with Crippen molar-refractivity contribution in [2.24, 2.45) is 0 Å². The van der Waals surface area contributed by atoms with Crippen LogP contribution >= 0.6 is 0 Å². The zero-order chi connectivity index (χ0) is 21.0. The van der Waals surface area contributed by atoms with E-state index >= 15 is 0 Å². The number of nitrogens with zero attached hydrogens (tertiary/aromatic N) is 1. The van der Waals surface area contributed by atoms with Gasteiger partial charge in [0.05, 0.1) is 12.0 Å². The normalized spacial score (nSPS) is 17.4. The molecule has 0 radical (unpaired) electrons. The molecule has 0 spiro atoms. The maximum atomic E-state index is 12.9. The third-order valence-electron chi connectivity index (χ3n) is 4.84. The highest BCUT2D eigenvalue weighted by Crippen LogP contribution is 2.32. The molecule has 2 N–H and O–H groups in total. The number of carbonyl (C=O) groups is 2. The molecule has 1 aliphatic heterocycles. The first kappa shape index (κ1) is 21.2. The van der Waals surface area contributed by atoms with Crippen LogP contribution in [0.2, 0.25) is 0 Å². The summed E-state index contributed by atoms with van der Waals surface area (Å²) in [5.41, 5.74) is 1.41. The number of hydrogen-bond acceptors (Lipinski definition) is 6. The SMILES string of the molecule is CCCCNC(=O)c1cc(N2CCNCC2C(=O)OC(C)(C)C)c2occc2c1. The van der Waals surface area contributed by atoms with Crippen molar-refractivity contribution in [3.05, 3.63) is 30.0 Å². The second kappa shape index (κ2) is 8.86. The lowest BCUT2D eigenvalue weighted by Gasteiger charge is -2.37. The van der Waals surface area contributed by atoms with Crippen LogP contribution < -0.4 is 15.5 Å². The van der Waals surface area contributed by atoms with Gasteiger partial charge in [-0.15, -0.1) is 0 Å². The number of furan rings is 1. The Morgan fingerprint density at radius 2 is 2.14 bits per heavy atom. The lowest BCUT2D eigenvalue weighted by Crippen LogP contribution is -2.56. The van der Waals surface area contributed by atoms with Gasteiger partial charge in [0.25, 0.3) is 5.91 Å². The predicted octanol–water partition coefficient (Wildman–Crippen LogP) is 3.08. The van der Waals surface area contributed by atoms with Crippen LogP contribution in [0.4, 0.5) is 5.69 Å². The Labute approximate surface area is 171 Å². The Kier molecular flexibility index (Phi) is 6.47. The van der Waals surface area contributed by atoms with Gasteiger partial charge in [-0.2, -0.15) is 0 Å². The number of amides is 1. The molecule has 1 fully saturated rings. The van der Waals surface area contributed by atoms with E-state index in [0.717, 1.165) is 30.5 Å². The number of piperazine rings is 1. The van der Waals surface area contributed by atoms with Crippen molar-refractivity contribution >= 4 is 28.5 Å². The van der Waals surface area contributed by atoms with Gasteiger partial charge in [-0.05, 0) is 45.4 Å². The van der Waals surface area contributed by atoms with Gasteiger partial charge in [0.1, 0.15) is 11.6 Å². The first-order valence-corrected chi connectivity index (χ1v) is 10.3. The van der Waals surface area contributed by atoms with Crippen LogP contribution in [0.5, 0.6) is 0 Å². The van der Waals surface area contributed by atoms with Crippen molar-refractivity contribution in [2.75, 3.05) is 31.1 Å². The molecular weight excluding hydrogens is 370 g/mol. The van der Waals surface area contributed by atoms with Crippen LogP contribution in [0.25, 0.3) is 11.0 Å². The molecule has 3 rings (SSSR count). The quantitative estimate of drug-likeness (QED) is 0.572. The zero-order valence-corrected chi connectivity index (χ0v) is 17.7. The standard InChI is InChI=1S/C22H31N3O4/c1-5-6-8-24-20(26)16-12-15-7-11-28-19(15)17(13-16)25-10-9-23-14-18(25)21(27)29-22(2,3)4/h7,11-13,18,23H,5-6,8-10,14H2,1-4H3,(H,24,26). The number of rotatable bonds is 6. The van der Waals surface area contributed by atoms with E-state index in [1.165, 1.54) is 0 Å². The highest BCUT2D eigenvalue weighted by atomic mass is 16.6. The van der Waals surface area contributed by atoms with Gasteiger partial charge in [-0.3, -0.25) is 4.79 Å². The van der Waals surface area contributed by atoms with Gasteiger partial charge in [0.2, 0.25) is 0 Å². The number of esters is 1. The van der Waals surface area contributed by atoms with Gasteiger partial charge in [0, 0.05) is 37.1 Å². The summed E-state index contributed by atoms with van der Waals surface area (Å²) >= 11 is 0. The third kappa shape index (κ3) is 5.09. The molecule has 1 unspecified atom stereocenters. The summed E-state index contributed by atoms with van der Waals surface area (Å²) in [6, 6.07) is 4.99. The second-order valence-electron chi connectivity index (χ2n) is 8.39. The third-order valence-corrected chi connectivity index (χ3v) is 4.84. The monoisotopic (exact) mass is 401 g/mol. The number of anilines is 1. The molecule has 1 atom stereocenters. The molecule has 2 heterocycles. The van der Waals surface area contributed by atoms with Crippen LogP contribution in [0.1, 0.15) is 50.9 Å². The number of carbonyl (C=O) groups excluding carboxylic acids is 2. The van der Waals surface area contributed by atoms with Gasteiger partial charge in [-0.25, -0.2) is 4.79 Å². The van der Waals surface area contributed by atoms with Crippen molar-refractivity contribution in [3.8, 4) is 0 Å². The average Bonchev–Trinajstić information content (AvgIpc) is 3.14. The smallest absolute Gasteiger partial charge is 0.330 e. The summed E-state index contributed by atoms with van der Waals surface area (Å²) in [6.45, 7) is 10.1. The van der Waals surface area contributed by atoms with Crippen LogP contribution in [-0.2, 0) is 9.53 Å². The molecule has 0 bridgehead atoms. The van der Waals surface area contributed by atoms with Gasteiger partial charge in [0.15, 0.2) is 5.58 Å². The molecule has 0 aliphatic carbocycles. The first-order valence-electron chi connectivity index (χ1n) is 10.3. The fourth-order valence-electron chi connectivity index (χ4n) is 3.46. The molecule has 7 nitrogen and oxygen atoms in total. The van der Waals surface area contributed by atoms with E-state index < -0.39 is 11.6 Å². The van der Waals surface area contributed by atoms with E-state index in [1.54, 1.807) is 6.26 Å². The Bertz CT molecular complexity index is 869. The van der Waals surface area contributed by atoms with Gasteiger partial charge in [-0.1, -0.05) is 13.3 Å². The van der Waals surface area contributed by atoms with E-state index in [1.807, 2.05) is 43.9 Å². The number of nitrogens with one attached hydrogen (secondary N) is 2. The van der Waals surface area contributed by atoms with Crippen molar-refractivity contribution < 1.29 is 18.7 Å². The topological polar surface area (TPSA) is 83.8 Å². The summed E-state index contributed by atoms with van der Waals surface area (Å²) in [5.74, 6) is -0.408. The highest BCUT2D eigenvalue weighted by molar-refractivity contribution is 6.02. The van der Waals surface area contributed by atoms with E-state index in [9.17, 15) is 9.59 Å². The average molecular weight is 402 g/mol. The molecule has 29 heavy (non-hydrogen) atoms. The predicted molar refractivity (Wildman–Crippen MR) is 113 cm³/mol. The van der Waals surface area contributed by atoms with Crippen LogP contribution in [0.15, 0.2) is 28.9 Å². The first-order chi connectivity index (χ1) is 13.8. The minimum absolute atomic E-state index is 0.119. The number of hydrogen-bond donors (Lipinski definition) is 2. The molecule has 7 heteroatoms. The number of ether oxygens (including phenoxy) is 1. The van der Waals surface area contributed by atoms with E-state index in [2.05, 4.69) is 17.6 Å². The van der Waals surface area contributed by atoms with E-state index in [0.29, 0.717) is 30.8 Å². The van der Waals surface area contributed by atoms with Crippen molar-refractivity contribution in [1.82, 2.24) is 10.6 Å². The molecule has 0 saturated carbocycles. The summed E-state index contributed by atoms with van der Waals surface area (Å²) in [4.78, 5) is 27.5. The van der Waals surface area contributed by atoms with Gasteiger partial charge >= 0.3 is 5.97 Å². The van der Waals surface area contributed by atoms with Crippen LogP contribution in [0.3, 0.4) is 0 Å². The van der Waals surface area contributed by atoms with Crippen molar-refractivity contribution in [3.63, 3.8) is 0 Å². The Morgan fingerprint density at radius 1 is 1.34 bits per heavy atom. The molecule has 2 aromatic rings. The fourth-order valence-corrected chi connectivity index (χ4v) is 3.46. The lowest BCUT2D eigenvalue weighted by molar-refractivity contribution is -0.156. The number of benzene rings is 1. The number of unbranched alkanes of at least 4 members (excludes halogenated alkanes) is 1. The maximum absolute atomic E-state index is 12.9. The molecule has 1 amide bonds. The lowest BCUT2D eigenvalue weighted by atomic mass is 10.1. The van der Waals surface area contributed by atoms with E-state index in [4.69, 9.17) is 9.15 Å². The minimum Gasteiger partial charge on any atom is -0.462 e. The summed E-state index contributed by atoms with van der Waals surface area (Å²) in [5, 5.41) is 7.06.